The summed E-state index contributed by atoms with van der Waals surface area (Å²) in [6, 6.07) is 13.0. The predicted octanol–water partition coefficient (Wildman–Crippen LogP) is 2.38. The summed E-state index contributed by atoms with van der Waals surface area (Å²) in [7, 11) is 0. The molecule has 0 bridgehead atoms. The number of pyridine rings is 1. The number of fused-ring (bicyclic) bond motifs is 3. The van der Waals surface area contributed by atoms with Gasteiger partial charge in [0.25, 0.3) is 0 Å². The number of aromatic nitrogens is 3. The quantitative estimate of drug-likeness (QED) is 0.309. The second kappa shape index (κ2) is 7.75. The lowest BCUT2D eigenvalue weighted by Gasteiger charge is -2.20. The summed E-state index contributed by atoms with van der Waals surface area (Å²) < 4.78 is 3.62. The van der Waals surface area contributed by atoms with E-state index in [4.69, 9.17) is 0 Å². The molecule has 7 rings (SSSR count). The molecule has 3 aliphatic rings. The molecule has 10 nitrogen and oxygen atoms in total. The van der Waals surface area contributed by atoms with E-state index in [9.17, 15) is 19.2 Å². The van der Waals surface area contributed by atoms with Gasteiger partial charge in [-0.2, -0.15) is 0 Å². The maximum atomic E-state index is 13.1. The van der Waals surface area contributed by atoms with Crippen molar-refractivity contribution in [2.75, 3.05) is 16.0 Å². The zero-order valence-corrected chi connectivity index (χ0v) is 21.5. The average molecular weight is 606 g/mol. The summed E-state index contributed by atoms with van der Waals surface area (Å²) in [6.07, 6.45) is 2.76. The summed E-state index contributed by atoms with van der Waals surface area (Å²) >= 11 is 2.11. The van der Waals surface area contributed by atoms with Crippen LogP contribution in [0.4, 0.5) is 17.2 Å². The zero-order chi connectivity index (χ0) is 25.5. The van der Waals surface area contributed by atoms with Gasteiger partial charge in [-0.05, 0) is 76.9 Å². The van der Waals surface area contributed by atoms with Gasteiger partial charge in [-0.3, -0.25) is 23.5 Å². The number of imidazole rings is 1. The fourth-order valence-electron chi connectivity index (χ4n) is 5.82. The third kappa shape index (κ3) is 3.19. The third-order valence-corrected chi connectivity index (χ3v) is 8.36. The number of nitrogens with one attached hydrogen (secondary N) is 3. The van der Waals surface area contributed by atoms with Crippen molar-refractivity contribution >= 4 is 68.5 Å². The van der Waals surface area contributed by atoms with Gasteiger partial charge in [0.1, 0.15) is 18.9 Å². The molecular formula is C26H19IN6O4. The number of benzene rings is 2. The molecular weight excluding hydrogens is 587 g/mol. The van der Waals surface area contributed by atoms with Crippen LogP contribution in [0.3, 0.4) is 0 Å². The standard InChI is InChI=1S/C26H19IN6O4/c27-17-5-6-18-22-21(17)30-20(35)12-33(22)25(37)32(18)11-19(34)29-15-4-3-13-9-26(10-14(13)8-15)16-2-1-7-28-23(16)31-24(26)36/h1-8H,9-12H2,(H,29,34)(H,30,35)(H,28,31,36). The van der Waals surface area contributed by atoms with E-state index < -0.39 is 11.1 Å². The van der Waals surface area contributed by atoms with Crippen LogP contribution in [0.25, 0.3) is 11.0 Å². The number of anilines is 3. The van der Waals surface area contributed by atoms with Gasteiger partial charge in [-0.15, -0.1) is 0 Å². The molecule has 0 saturated carbocycles. The van der Waals surface area contributed by atoms with Gasteiger partial charge in [0, 0.05) is 21.0 Å². The number of hydrogen-bond acceptors (Lipinski definition) is 5. The predicted molar refractivity (Wildman–Crippen MR) is 145 cm³/mol. The maximum Gasteiger partial charge on any atom is 0.330 e. The van der Waals surface area contributed by atoms with Crippen molar-refractivity contribution in [1.82, 2.24) is 14.1 Å². The first-order valence-corrected chi connectivity index (χ1v) is 12.8. The zero-order valence-electron chi connectivity index (χ0n) is 19.3. The summed E-state index contributed by atoms with van der Waals surface area (Å²) in [5.74, 6) is -0.0803. The Balaban J connectivity index is 1.16. The minimum Gasteiger partial charge on any atom is -0.325 e. The molecule has 4 aromatic rings. The molecule has 4 heterocycles. The van der Waals surface area contributed by atoms with Gasteiger partial charge in [-0.25, -0.2) is 9.78 Å². The SMILES string of the molecule is O=C(Cn1c(=O)n2c3c(c(I)ccc31)NC(=O)C2)Nc1ccc2c(c1)CC1(C2)C(=O)Nc2ncccc21. The van der Waals surface area contributed by atoms with E-state index in [0.717, 1.165) is 20.3 Å². The van der Waals surface area contributed by atoms with Crippen LogP contribution in [0.2, 0.25) is 0 Å². The highest BCUT2D eigenvalue weighted by Crippen LogP contribution is 2.47. The van der Waals surface area contributed by atoms with E-state index in [1.165, 1.54) is 9.13 Å². The molecule has 3 N–H and O–H groups in total. The lowest BCUT2D eigenvalue weighted by atomic mass is 9.79. The van der Waals surface area contributed by atoms with Gasteiger partial charge in [0.15, 0.2) is 0 Å². The summed E-state index contributed by atoms with van der Waals surface area (Å²) in [4.78, 5) is 55.5. The van der Waals surface area contributed by atoms with Gasteiger partial charge < -0.3 is 16.0 Å². The molecule has 1 aliphatic carbocycles. The van der Waals surface area contributed by atoms with E-state index >= 15 is 0 Å². The van der Waals surface area contributed by atoms with Crippen LogP contribution < -0.4 is 21.6 Å². The van der Waals surface area contributed by atoms with Crippen LogP contribution in [0.1, 0.15) is 16.7 Å². The van der Waals surface area contributed by atoms with Gasteiger partial charge in [0.2, 0.25) is 17.7 Å². The van der Waals surface area contributed by atoms with E-state index in [1.54, 1.807) is 12.3 Å². The monoisotopic (exact) mass is 606 g/mol. The Bertz CT molecular complexity index is 1770. The topological polar surface area (TPSA) is 127 Å². The van der Waals surface area contributed by atoms with Crippen molar-refractivity contribution in [1.29, 1.82) is 0 Å². The molecule has 1 unspecified atom stereocenters. The normalized spacial score (nSPS) is 19.1. The molecule has 37 heavy (non-hydrogen) atoms. The first-order valence-electron chi connectivity index (χ1n) is 11.7. The minimum atomic E-state index is -0.684. The Morgan fingerprint density at radius 1 is 1.08 bits per heavy atom. The van der Waals surface area contributed by atoms with Gasteiger partial charge in [-0.1, -0.05) is 12.1 Å². The van der Waals surface area contributed by atoms with Crippen LogP contribution >= 0.6 is 22.6 Å². The molecule has 3 amide bonds. The fourth-order valence-corrected chi connectivity index (χ4v) is 6.39. The van der Waals surface area contributed by atoms with Crippen molar-refractivity contribution in [2.45, 2.75) is 31.3 Å². The molecule has 2 aliphatic heterocycles. The average Bonchev–Trinajstić information content (AvgIpc) is 3.48. The van der Waals surface area contributed by atoms with Crippen molar-refractivity contribution in [3.05, 3.63) is 79.4 Å². The third-order valence-electron chi connectivity index (χ3n) is 7.46. The van der Waals surface area contributed by atoms with Crippen LogP contribution in [-0.2, 0) is 45.7 Å². The number of carbonyl (C=O) groups is 3. The molecule has 2 aromatic heterocycles. The highest BCUT2D eigenvalue weighted by atomic mass is 127. The molecule has 1 spiro atoms. The number of halogens is 1. The maximum absolute atomic E-state index is 13.1. The lowest BCUT2D eigenvalue weighted by Crippen LogP contribution is -2.35. The molecule has 0 radical (unpaired) electrons. The first-order chi connectivity index (χ1) is 17.8. The molecule has 184 valence electrons. The van der Waals surface area contributed by atoms with Crippen LogP contribution in [-0.4, -0.2) is 31.8 Å². The first kappa shape index (κ1) is 22.2. The second-order valence-electron chi connectivity index (χ2n) is 9.61. The van der Waals surface area contributed by atoms with E-state index in [0.29, 0.717) is 41.1 Å². The van der Waals surface area contributed by atoms with Crippen molar-refractivity contribution in [3.63, 3.8) is 0 Å². The van der Waals surface area contributed by atoms with E-state index in [2.05, 4.69) is 43.5 Å². The Morgan fingerprint density at radius 2 is 1.92 bits per heavy atom. The molecule has 2 aromatic carbocycles. The molecule has 0 fully saturated rings. The molecule has 0 saturated heterocycles. The molecule has 1 atom stereocenters. The minimum absolute atomic E-state index is 0.0573. The smallest absolute Gasteiger partial charge is 0.325 e. The van der Waals surface area contributed by atoms with Crippen LogP contribution in [0, 0.1) is 3.57 Å². The van der Waals surface area contributed by atoms with Crippen molar-refractivity contribution in [3.8, 4) is 0 Å². The highest BCUT2D eigenvalue weighted by molar-refractivity contribution is 14.1. The fraction of sp³-hybridized carbons (Fsp3) is 0.192. The van der Waals surface area contributed by atoms with Crippen LogP contribution in [0.15, 0.2) is 53.5 Å². The Morgan fingerprint density at radius 3 is 2.78 bits per heavy atom. The number of amides is 3. The largest absolute Gasteiger partial charge is 0.330 e. The van der Waals surface area contributed by atoms with E-state index in [1.807, 2.05) is 36.4 Å². The summed E-state index contributed by atoms with van der Waals surface area (Å²) in [5, 5.41) is 8.62. The van der Waals surface area contributed by atoms with Gasteiger partial charge in [0.05, 0.1) is 22.1 Å². The Hall–Kier alpha value is -4.00. The number of carbonyl (C=O) groups excluding carboxylic acids is 3. The highest BCUT2D eigenvalue weighted by Gasteiger charge is 2.51. The number of nitrogens with zero attached hydrogens (tertiary/aromatic N) is 3. The van der Waals surface area contributed by atoms with Crippen molar-refractivity contribution in [2.24, 2.45) is 0 Å². The van der Waals surface area contributed by atoms with Gasteiger partial charge >= 0.3 is 5.69 Å². The van der Waals surface area contributed by atoms with Crippen molar-refractivity contribution < 1.29 is 14.4 Å². The summed E-state index contributed by atoms with van der Waals surface area (Å²) in [5.41, 5.74) is 4.26. The Labute approximate surface area is 223 Å². The summed E-state index contributed by atoms with van der Waals surface area (Å²) in [6.45, 7) is -0.283. The number of hydrogen-bond donors (Lipinski definition) is 3. The lowest BCUT2D eigenvalue weighted by molar-refractivity contribution is -0.120. The number of rotatable bonds is 3. The van der Waals surface area contributed by atoms with E-state index in [-0.39, 0.29) is 30.8 Å². The van der Waals surface area contributed by atoms with Crippen LogP contribution in [0.5, 0.6) is 0 Å². The Kier molecular flexibility index (Phi) is 4.65. The second-order valence-corrected chi connectivity index (χ2v) is 10.8. The molecule has 11 heteroatoms.